The van der Waals surface area contributed by atoms with Crippen molar-refractivity contribution in [1.29, 1.82) is 0 Å². The summed E-state index contributed by atoms with van der Waals surface area (Å²) in [5.74, 6) is -0.420. The predicted molar refractivity (Wildman–Crippen MR) is 79.6 cm³/mol. The minimum absolute atomic E-state index is 0.0249. The predicted octanol–water partition coefficient (Wildman–Crippen LogP) is 3.48. The molecule has 0 aromatic heterocycles. The van der Waals surface area contributed by atoms with Crippen LogP contribution in [-0.2, 0) is 19.1 Å². The van der Waals surface area contributed by atoms with Gasteiger partial charge in [-0.3, -0.25) is 9.59 Å². The molecular weight excluding hydrogens is 268 g/mol. The van der Waals surface area contributed by atoms with Crippen LogP contribution < -0.4 is 0 Å². The van der Waals surface area contributed by atoms with Crippen molar-refractivity contribution < 1.29 is 19.1 Å². The van der Waals surface area contributed by atoms with Gasteiger partial charge in [-0.15, -0.1) is 0 Å². The number of carbonyl (C=O) groups excluding carboxylic acids is 2. The molecule has 0 radical (unpaired) electrons. The molecule has 2 aliphatic rings. The Bertz CT molecular complexity index is 460. The van der Waals surface area contributed by atoms with E-state index in [0.29, 0.717) is 13.0 Å². The fraction of sp³-hybridized carbons (Fsp3) is 0.882. The van der Waals surface area contributed by atoms with E-state index in [1.807, 2.05) is 6.92 Å². The summed E-state index contributed by atoms with van der Waals surface area (Å²) < 4.78 is 10.8. The van der Waals surface area contributed by atoms with E-state index in [9.17, 15) is 9.59 Å². The van der Waals surface area contributed by atoms with Gasteiger partial charge in [0.25, 0.3) is 0 Å². The average Bonchev–Trinajstić information content (AvgIpc) is 2.77. The van der Waals surface area contributed by atoms with Crippen molar-refractivity contribution in [3.05, 3.63) is 0 Å². The largest absolute Gasteiger partial charge is 0.465 e. The molecule has 1 saturated heterocycles. The van der Waals surface area contributed by atoms with Crippen molar-refractivity contribution in [2.75, 3.05) is 6.61 Å². The fourth-order valence-electron chi connectivity index (χ4n) is 3.57. The van der Waals surface area contributed by atoms with Gasteiger partial charge in [-0.25, -0.2) is 0 Å². The highest BCUT2D eigenvalue weighted by molar-refractivity contribution is 5.83. The lowest BCUT2D eigenvalue weighted by Gasteiger charge is -2.35. The molecule has 0 spiro atoms. The Morgan fingerprint density at radius 2 is 1.86 bits per heavy atom. The molecule has 2 rings (SSSR count). The second kappa shape index (κ2) is 4.72. The molecule has 1 saturated carbocycles. The Hall–Kier alpha value is -1.06. The lowest BCUT2D eigenvalue weighted by atomic mass is 9.78. The number of esters is 2. The van der Waals surface area contributed by atoms with Gasteiger partial charge in [0.1, 0.15) is 5.60 Å². The van der Waals surface area contributed by atoms with Crippen molar-refractivity contribution in [3.8, 4) is 0 Å². The number of cyclic esters (lactones) is 1. The van der Waals surface area contributed by atoms with E-state index in [1.165, 1.54) is 0 Å². The monoisotopic (exact) mass is 296 g/mol. The van der Waals surface area contributed by atoms with E-state index in [0.717, 1.165) is 12.8 Å². The van der Waals surface area contributed by atoms with E-state index in [4.69, 9.17) is 9.47 Å². The van der Waals surface area contributed by atoms with Gasteiger partial charge in [0.2, 0.25) is 0 Å². The third-order valence-corrected chi connectivity index (χ3v) is 4.89. The van der Waals surface area contributed by atoms with Crippen LogP contribution in [0.3, 0.4) is 0 Å². The summed E-state index contributed by atoms with van der Waals surface area (Å²) in [5.41, 5.74) is -1.08. The van der Waals surface area contributed by atoms with E-state index in [-0.39, 0.29) is 29.2 Å². The third kappa shape index (κ3) is 3.24. The first kappa shape index (κ1) is 16.3. The highest BCUT2D eigenvalue weighted by Gasteiger charge is 2.68. The first-order valence-corrected chi connectivity index (χ1v) is 7.78. The Kier molecular flexibility index (Phi) is 3.67. The van der Waals surface area contributed by atoms with Gasteiger partial charge in [-0.2, -0.15) is 0 Å². The quantitative estimate of drug-likeness (QED) is 0.748. The maximum absolute atomic E-state index is 12.8. The molecule has 2 unspecified atom stereocenters. The number of hydrogen-bond acceptors (Lipinski definition) is 4. The molecule has 0 aromatic carbocycles. The second-order valence-corrected chi connectivity index (χ2v) is 8.87. The minimum Gasteiger partial charge on any atom is -0.465 e. The Balaban J connectivity index is 2.12. The van der Waals surface area contributed by atoms with Crippen molar-refractivity contribution in [3.63, 3.8) is 0 Å². The van der Waals surface area contributed by atoms with Crippen molar-refractivity contribution in [2.45, 2.75) is 72.8 Å². The molecule has 2 atom stereocenters. The number of ether oxygens (including phenoxy) is 2. The summed E-state index contributed by atoms with van der Waals surface area (Å²) in [6.45, 7) is 12.9. The normalized spacial score (nSPS) is 35.0. The zero-order chi connectivity index (χ0) is 16.1. The lowest BCUT2D eigenvalue weighted by Crippen LogP contribution is -2.43. The van der Waals surface area contributed by atoms with Crippen molar-refractivity contribution >= 4 is 11.9 Å². The Morgan fingerprint density at radius 3 is 2.29 bits per heavy atom. The molecule has 0 amide bonds. The maximum atomic E-state index is 12.8. The smallest absolute Gasteiger partial charge is 0.313 e. The molecule has 1 aliphatic carbocycles. The minimum atomic E-state index is -0.712. The van der Waals surface area contributed by atoms with Crippen LogP contribution in [0.4, 0.5) is 0 Å². The van der Waals surface area contributed by atoms with E-state index in [1.54, 1.807) is 0 Å². The van der Waals surface area contributed by atoms with Gasteiger partial charge in [-0.1, -0.05) is 34.6 Å². The van der Waals surface area contributed by atoms with Gasteiger partial charge in [0, 0.05) is 6.42 Å². The number of rotatable bonds is 3. The summed E-state index contributed by atoms with van der Waals surface area (Å²) in [7, 11) is 0. The summed E-state index contributed by atoms with van der Waals surface area (Å²) >= 11 is 0. The molecule has 4 nitrogen and oxygen atoms in total. The van der Waals surface area contributed by atoms with Crippen LogP contribution in [0.1, 0.15) is 67.2 Å². The van der Waals surface area contributed by atoms with E-state index < -0.39 is 11.0 Å². The first-order chi connectivity index (χ1) is 9.39. The van der Waals surface area contributed by atoms with Gasteiger partial charge in [-0.05, 0) is 30.6 Å². The number of carbonyl (C=O) groups is 2. The molecule has 4 heteroatoms. The SMILES string of the molecule is CC(C)(C)CC1(C(=O)OC2(C)CCOC(=O)C2)CC1(C)C. The molecule has 1 heterocycles. The summed E-state index contributed by atoms with van der Waals surface area (Å²) in [6.07, 6.45) is 2.41. The van der Waals surface area contributed by atoms with Crippen molar-refractivity contribution in [1.82, 2.24) is 0 Å². The molecule has 21 heavy (non-hydrogen) atoms. The second-order valence-electron chi connectivity index (χ2n) is 8.87. The average molecular weight is 296 g/mol. The molecule has 120 valence electrons. The molecular formula is C17H28O4. The zero-order valence-electron chi connectivity index (χ0n) is 14.2. The molecule has 0 bridgehead atoms. The summed E-state index contributed by atoms with van der Waals surface area (Å²) in [4.78, 5) is 24.3. The van der Waals surface area contributed by atoms with Crippen LogP contribution in [-0.4, -0.2) is 24.1 Å². The Morgan fingerprint density at radius 1 is 1.29 bits per heavy atom. The van der Waals surface area contributed by atoms with Gasteiger partial charge < -0.3 is 9.47 Å². The van der Waals surface area contributed by atoms with E-state index in [2.05, 4.69) is 34.6 Å². The van der Waals surface area contributed by atoms with E-state index >= 15 is 0 Å². The highest BCUT2D eigenvalue weighted by atomic mass is 16.6. The first-order valence-electron chi connectivity index (χ1n) is 7.78. The third-order valence-electron chi connectivity index (χ3n) is 4.89. The standard InChI is InChI=1S/C17H28O4/c1-14(2,3)10-17(11-15(17,4)5)13(19)21-16(6)7-8-20-12(18)9-16/h7-11H2,1-6H3. The highest BCUT2D eigenvalue weighted by Crippen LogP contribution is 2.68. The van der Waals surface area contributed by atoms with Crippen LogP contribution >= 0.6 is 0 Å². The van der Waals surface area contributed by atoms with Crippen LogP contribution in [0.5, 0.6) is 0 Å². The molecule has 2 fully saturated rings. The van der Waals surface area contributed by atoms with Crippen LogP contribution in [0.2, 0.25) is 0 Å². The summed E-state index contributed by atoms with van der Waals surface area (Å²) in [5, 5.41) is 0. The fourth-order valence-corrected chi connectivity index (χ4v) is 3.57. The maximum Gasteiger partial charge on any atom is 0.313 e. The van der Waals surface area contributed by atoms with Crippen molar-refractivity contribution in [2.24, 2.45) is 16.2 Å². The summed E-state index contributed by atoms with van der Waals surface area (Å²) in [6, 6.07) is 0. The van der Waals surface area contributed by atoms with Crippen LogP contribution in [0.15, 0.2) is 0 Å². The van der Waals surface area contributed by atoms with Gasteiger partial charge in [0.05, 0.1) is 18.4 Å². The topological polar surface area (TPSA) is 52.6 Å². The zero-order valence-corrected chi connectivity index (χ0v) is 14.2. The van der Waals surface area contributed by atoms with Crippen LogP contribution in [0.25, 0.3) is 0 Å². The molecule has 1 aliphatic heterocycles. The molecule has 0 N–H and O–H groups in total. The van der Waals surface area contributed by atoms with Gasteiger partial charge in [0.15, 0.2) is 0 Å². The lowest BCUT2D eigenvalue weighted by molar-refractivity contribution is -0.181. The van der Waals surface area contributed by atoms with Crippen LogP contribution in [0, 0.1) is 16.2 Å². The molecule has 0 aromatic rings. The Labute approximate surface area is 127 Å². The number of hydrogen-bond donors (Lipinski definition) is 0. The van der Waals surface area contributed by atoms with Gasteiger partial charge >= 0.3 is 11.9 Å².